The smallest absolute Gasteiger partial charge is 0.0790 e. The van der Waals surface area contributed by atoms with Gasteiger partial charge in [0.15, 0.2) is 0 Å². The summed E-state index contributed by atoms with van der Waals surface area (Å²) < 4.78 is 0. The lowest BCUT2D eigenvalue weighted by Crippen LogP contribution is -2.51. The van der Waals surface area contributed by atoms with Crippen LogP contribution in [-0.4, -0.2) is 16.7 Å². The van der Waals surface area contributed by atoms with Gasteiger partial charge >= 0.3 is 0 Å². The molecule has 1 aliphatic rings. The van der Waals surface area contributed by atoms with Gasteiger partial charge in [-0.15, -0.1) is 0 Å². The van der Waals surface area contributed by atoms with Gasteiger partial charge in [-0.05, 0) is 50.5 Å². The van der Waals surface area contributed by atoms with Gasteiger partial charge in [-0.25, -0.2) is 5.43 Å². The lowest BCUT2D eigenvalue weighted by Gasteiger charge is -2.34. The van der Waals surface area contributed by atoms with Gasteiger partial charge in [0.1, 0.15) is 0 Å². The average molecular weight is 282 g/mol. The molecule has 2 N–H and O–H groups in total. The summed E-state index contributed by atoms with van der Waals surface area (Å²) in [4.78, 5) is 0. The van der Waals surface area contributed by atoms with Crippen molar-refractivity contribution in [1.82, 2.24) is 5.43 Å². The first-order chi connectivity index (χ1) is 10.2. The number of nitrogens with zero attached hydrogens (tertiary/aromatic N) is 1. The molecule has 2 atom stereocenters. The molecule has 0 bridgehead atoms. The summed E-state index contributed by atoms with van der Waals surface area (Å²) in [7, 11) is 0. The molecule has 0 radical (unpaired) electrons. The second-order valence-electron chi connectivity index (χ2n) is 5.94. The molecule has 3 nitrogen and oxygen atoms in total. The van der Waals surface area contributed by atoms with E-state index in [0.29, 0.717) is 0 Å². The van der Waals surface area contributed by atoms with Crippen LogP contribution in [0.1, 0.15) is 26.2 Å². The third kappa shape index (κ3) is 3.09. The van der Waals surface area contributed by atoms with Crippen molar-refractivity contribution in [2.45, 2.75) is 37.8 Å². The number of para-hydroxylation sites is 2. The Hall–Kier alpha value is -1.84. The van der Waals surface area contributed by atoms with Gasteiger partial charge in [-0.2, -0.15) is 0 Å². The Labute approximate surface area is 126 Å². The van der Waals surface area contributed by atoms with E-state index >= 15 is 0 Å². The second kappa shape index (κ2) is 5.88. The predicted molar refractivity (Wildman–Crippen MR) is 86.4 cm³/mol. The molecule has 0 spiro atoms. The van der Waals surface area contributed by atoms with Crippen LogP contribution < -0.4 is 10.4 Å². The maximum absolute atomic E-state index is 10.5. The summed E-state index contributed by atoms with van der Waals surface area (Å²) in [6, 6.07) is 20.5. The van der Waals surface area contributed by atoms with E-state index in [0.717, 1.165) is 30.6 Å². The molecule has 2 aromatic rings. The fourth-order valence-electron chi connectivity index (χ4n) is 2.96. The number of benzene rings is 2. The molecule has 110 valence electrons. The minimum absolute atomic E-state index is 0.0675. The summed E-state index contributed by atoms with van der Waals surface area (Å²) >= 11 is 0. The van der Waals surface area contributed by atoms with Crippen LogP contribution in [0.4, 0.5) is 11.4 Å². The molecular weight excluding hydrogens is 260 g/mol. The molecule has 3 heteroatoms. The van der Waals surface area contributed by atoms with E-state index in [2.05, 4.69) is 34.7 Å². The lowest BCUT2D eigenvalue weighted by atomic mass is 10.0. The van der Waals surface area contributed by atoms with E-state index in [-0.39, 0.29) is 6.04 Å². The molecule has 0 aliphatic heterocycles. The first kappa shape index (κ1) is 14.1. The number of rotatable bonds is 4. The zero-order valence-electron chi connectivity index (χ0n) is 12.4. The second-order valence-corrected chi connectivity index (χ2v) is 5.94. The molecule has 0 heterocycles. The largest absolute Gasteiger partial charge is 0.388 e. The van der Waals surface area contributed by atoms with Crippen LogP contribution in [0.15, 0.2) is 60.7 Å². The summed E-state index contributed by atoms with van der Waals surface area (Å²) in [5, 5.41) is 12.6. The molecule has 3 rings (SSSR count). The number of hydrogen-bond acceptors (Lipinski definition) is 3. The molecule has 2 aromatic carbocycles. The van der Waals surface area contributed by atoms with Crippen LogP contribution in [0.2, 0.25) is 0 Å². The Morgan fingerprint density at radius 2 is 1.52 bits per heavy atom. The molecule has 21 heavy (non-hydrogen) atoms. The van der Waals surface area contributed by atoms with Crippen LogP contribution in [0.3, 0.4) is 0 Å². The van der Waals surface area contributed by atoms with Gasteiger partial charge in [0.2, 0.25) is 0 Å². The zero-order valence-corrected chi connectivity index (χ0v) is 12.4. The van der Waals surface area contributed by atoms with Gasteiger partial charge in [0.25, 0.3) is 0 Å². The van der Waals surface area contributed by atoms with Crippen molar-refractivity contribution in [1.29, 1.82) is 0 Å². The average Bonchev–Trinajstić information content (AvgIpc) is 2.85. The van der Waals surface area contributed by atoms with Crippen LogP contribution in [0.25, 0.3) is 0 Å². The van der Waals surface area contributed by atoms with Gasteiger partial charge in [-0.3, -0.25) is 5.01 Å². The monoisotopic (exact) mass is 282 g/mol. The summed E-state index contributed by atoms with van der Waals surface area (Å²) in [6.45, 7) is 1.92. The number of hydrogen-bond donors (Lipinski definition) is 2. The van der Waals surface area contributed by atoms with Crippen molar-refractivity contribution >= 4 is 11.4 Å². The van der Waals surface area contributed by atoms with Crippen molar-refractivity contribution in [3.63, 3.8) is 0 Å². The highest BCUT2D eigenvalue weighted by Crippen LogP contribution is 2.32. The van der Waals surface area contributed by atoms with E-state index in [1.165, 1.54) is 0 Å². The van der Waals surface area contributed by atoms with Crippen LogP contribution in [0.5, 0.6) is 0 Å². The maximum Gasteiger partial charge on any atom is 0.0790 e. The van der Waals surface area contributed by atoms with Crippen molar-refractivity contribution in [3.8, 4) is 0 Å². The van der Waals surface area contributed by atoms with Gasteiger partial charge in [-0.1, -0.05) is 36.4 Å². The van der Waals surface area contributed by atoms with Crippen molar-refractivity contribution < 1.29 is 5.11 Å². The minimum atomic E-state index is -0.651. The Morgan fingerprint density at radius 3 is 1.95 bits per heavy atom. The Morgan fingerprint density at radius 1 is 1.00 bits per heavy atom. The molecule has 1 saturated carbocycles. The van der Waals surface area contributed by atoms with Crippen LogP contribution >= 0.6 is 0 Å². The standard InChI is InChI=1S/C18H22N2O/c1-18(21)14-8-13-17(18)19-20(15-9-4-2-5-10-15)16-11-6-3-7-12-16/h2-7,9-12,17,19,21H,8,13-14H2,1H3/t17-,18+/m1/s1. The Balaban J connectivity index is 1.90. The highest BCUT2D eigenvalue weighted by molar-refractivity contribution is 5.61. The molecule has 0 saturated heterocycles. The molecule has 0 unspecified atom stereocenters. The highest BCUT2D eigenvalue weighted by Gasteiger charge is 2.37. The SMILES string of the molecule is C[C@]1(O)CCC[C@H]1NN(c1ccccc1)c1ccccc1. The quantitative estimate of drug-likeness (QED) is 0.841. The van der Waals surface area contributed by atoms with Crippen molar-refractivity contribution in [2.24, 2.45) is 0 Å². The third-order valence-corrected chi connectivity index (χ3v) is 4.24. The number of nitrogens with one attached hydrogen (secondary N) is 1. The van der Waals surface area contributed by atoms with E-state index in [9.17, 15) is 5.11 Å². The van der Waals surface area contributed by atoms with Crippen LogP contribution in [0, 0.1) is 0 Å². The lowest BCUT2D eigenvalue weighted by molar-refractivity contribution is 0.0394. The fraction of sp³-hybridized carbons (Fsp3) is 0.333. The van der Waals surface area contributed by atoms with E-state index in [4.69, 9.17) is 0 Å². The van der Waals surface area contributed by atoms with Crippen LogP contribution in [-0.2, 0) is 0 Å². The molecular formula is C18H22N2O. The maximum atomic E-state index is 10.5. The number of aliphatic hydroxyl groups is 1. The third-order valence-electron chi connectivity index (χ3n) is 4.24. The van der Waals surface area contributed by atoms with Crippen molar-refractivity contribution in [3.05, 3.63) is 60.7 Å². The van der Waals surface area contributed by atoms with E-state index < -0.39 is 5.60 Å². The molecule has 1 fully saturated rings. The zero-order chi connectivity index (χ0) is 14.7. The Bertz CT molecular complexity index is 529. The molecule has 0 amide bonds. The van der Waals surface area contributed by atoms with E-state index in [1.54, 1.807) is 0 Å². The van der Waals surface area contributed by atoms with Gasteiger partial charge in [0.05, 0.1) is 23.0 Å². The first-order valence-corrected chi connectivity index (χ1v) is 7.55. The predicted octanol–water partition coefficient (Wildman–Crippen LogP) is 3.63. The van der Waals surface area contributed by atoms with Gasteiger partial charge in [0, 0.05) is 0 Å². The molecule has 0 aromatic heterocycles. The van der Waals surface area contributed by atoms with E-state index in [1.807, 2.05) is 43.3 Å². The summed E-state index contributed by atoms with van der Waals surface area (Å²) in [5.41, 5.74) is 5.02. The topological polar surface area (TPSA) is 35.5 Å². The first-order valence-electron chi connectivity index (χ1n) is 7.55. The van der Waals surface area contributed by atoms with Gasteiger partial charge < -0.3 is 5.11 Å². The normalized spacial score (nSPS) is 25.0. The highest BCUT2D eigenvalue weighted by atomic mass is 16.3. The Kier molecular flexibility index (Phi) is 3.95. The number of anilines is 2. The summed E-state index contributed by atoms with van der Waals surface area (Å²) in [6.07, 6.45) is 2.90. The van der Waals surface area contributed by atoms with Crippen molar-refractivity contribution in [2.75, 3.05) is 5.01 Å². The fourth-order valence-corrected chi connectivity index (χ4v) is 2.96. The number of hydrazine groups is 1. The molecule has 1 aliphatic carbocycles. The summed E-state index contributed by atoms with van der Waals surface area (Å²) in [5.74, 6) is 0. The minimum Gasteiger partial charge on any atom is -0.388 e.